The molecule has 0 bridgehead atoms. The number of unbranched alkanes of at least 4 members (excludes halogenated alkanes) is 1. The van der Waals surface area contributed by atoms with Crippen LogP contribution in [0.1, 0.15) is 67.7 Å². The van der Waals surface area contributed by atoms with Gasteiger partial charge in [-0.3, -0.25) is 9.59 Å². The Morgan fingerprint density at radius 2 is 1.14 bits per heavy atom. The van der Waals surface area contributed by atoms with Crippen molar-refractivity contribution >= 4 is 22.7 Å². The number of morpholine rings is 2. The van der Waals surface area contributed by atoms with Crippen molar-refractivity contribution < 1.29 is 18.9 Å². The van der Waals surface area contributed by atoms with Gasteiger partial charge in [-0.2, -0.15) is 0 Å². The molecule has 14 nitrogen and oxygen atoms in total. The zero-order chi connectivity index (χ0) is 48.8. The molecule has 376 valence electrons. The lowest BCUT2D eigenvalue weighted by Crippen LogP contribution is -2.42. The first-order chi connectivity index (χ1) is 35.4. The molecule has 12 rings (SSSR count). The van der Waals surface area contributed by atoms with Crippen molar-refractivity contribution in [1.29, 1.82) is 0 Å². The first-order valence-electron chi connectivity index (χ1n) is 26.4. The van der Waals surface area contributed by atoms with Crippen LogP contribution in [0.25, 0.3) is 22.5 Å². The fraction of sp³-hybridized carbons (Fsp3) is 0.414. The second kappa shape index (κ2) is 22.0. The average molecular weight is 973 g/mol. The number of aromatic nitrogens is 2. The van der Waals surface area contributed by atoms with Gasteiger partial charge in [0.2, 0.25) is 11.1 Å². The second-order valence-electron chi connectivity index (χ2n) is 20.0. The Balaban J connectivity index is 0.000000157. The van der Waals surface area contributed by atoms with Gasteiger partial charge in [0.1, 0.15) is 23.0 Å². The van der Waals surface area contributed by atoms with E-state index in [9.17, 15) is 9.59 Å². The smallest absolute Gasteiger partial charge is 0.250 e. The number of pyridine rings is 2. The Bertz CT molecular complexity index is 2970. The predicted octanol–water partition coefficient (Wildman–Crippen LogP) is 8.99. The highest BCUT2D eigenvalue weighted by molar-refractivity contribution is 5.76. The SMILES string of the molecule is CCCCN1CCCC(Nc2ccc3c(c2)Cc2cccc(-c4cc(N5CCOCC5)cc(=O)[nH]4)c2O3)C1.O=c1cc(N2CCOCC2)cc(-c2cccc3c2Oc2ccc(NC4CCCNC4)cc2C3)[nH]1. The summed E-state index contributed by atoms with van der Waals surface area (Å²) in [6.45, 7) is 13.8. The second-order valence-corrected chi connectivity index (χ2v) is 20.0. The Labute approximate surface area is 422 Å². The van der Waals surface area contributed by atoms with Crippen LogP contribution in [0.4, 0.5) is 22.7 Å². The number of anilines is 4. The Morgan fingerprint density at radius 1 is 0.597 bits per heavy atom. The van der Waals surface area contributed by atoms with Crippen molar-refractivity contribution in [2.24, 2.45) is 0 Å². The van der Waals surface area contributed by atoms with Gasteiger partial charge in [0.05, 0.1) is 37.8 Å². The molecule has 5 N–H and O–H groups in total. The van der Waals surface area contributed by atoms with Crippen LogP contribution < -0.4 is 46.3 Å². The predicted molar refractivity (Wildman–Crippen MR) is 287 cm³/mol. The molecule has 4 fully saturated rings. The number of H-pyrrole nitrogens is 2. The fourth-order valence-electron chi connectivity index (χ4n) is 11.1. The summed E-state index contributed by atoms with van der Waals surface area (Å²) < 4.78 is 23.9. The molecule has 0 spiro atoms. The van der Waals surface area contributed by atoms with Crippen molar-refractivity contribution in [3.63, 3.8) is 0 Å². The maximum absolute atomic E-state index is 12.6. The van der Waals surface area contributed by atoms with Gasteiger partial charge in [-0.15, -0.1) is 0 Å². The number of fused-ring (bicyclic) bond motifs is 4. The number of rotatable bonds is 11. The zero-order valence-electron chi connectivity index (χ0n) is 41.5. The largest absolute Gasteiger partial charge is 0.456 e. The van der Waals surface area contributed by atoms with Gasteiger partial charge in [0.15, 0.2) is 0 Å². The van der Waals surface area contributed by atoms with Crippen molar-refractivity contribution in [2.45, 2.75) is 70.4 Å². The minimum atomic E-state index is -0.110. The van der Waals surface area contributed by atoms with E-state index in [1.54, 1.807) is 12.1 Å². The van der Waals surface area contributed by atoms with Crippen LogP contribution in [-0.4, -0.2) is 112 Å². The van der Waals surface area contributed by atoms with E-state index in [-0.39, 0.29) is 11.1 Å². The van der Waals surface area contributed by atoms with Crippen molar-refractivity contribution in [3.05, 3.63) is 140 Å². The van der Waals surface area contributed by atoms with Gasteiger partial charge < -0.3 is 59.6 Å². The van der Waals surface area contributed by atoms with E-state index >= 15 is 0 Å². The number of hydrogen-bond donors (Lipinski definition) is 5. The number of ether oxygens (including phenoxy) is 4. The van der Waals surface area contributed by atoms with Gasteiger partial charge in [-0.05, 0) is 124 Å². The van der Waals surface area contributed by atoms with Gasteiger partial charge >= 0.3 is 0 Å². The summed E-state index contributed by atoms with van der Waals surface area (Å²) in [4.78, 5) is 38.2. The third-order valence-electron chi connectivity index (χ3n) is 14.9. The van der Waals surface area contributed by atoms with E-state index in [1.165, 1.54) is 62.7 Å². The van der Waals surface area contributed by atoms with E-state index in [1.807, 2.05) is 24.3 Å². The lowest BCUT2D eigenvalue weighted by atomic mass is 9.96. The maximum atomic E-state index is 12.6. The lowest BCUT2D eigenvalue weighted by Gasteiger charge is -2.34. The highest BCUT2D eigenvalue weighted by Crippen LogP contribution is 2.45. The third kappa shape index (κ3) is 11.1. The summed E-state index contributed by atoms with van der Waals surface area (Å²) >= 11 is 0. The van der Waals surface area contributed by atoms with E-state index in [0.717, 1.165) is 138 Å². The molecule has 2 atom stereocenters. The maximum Gasteiger partial charge on any atom is 0.250 e. The molecule has 2 unspecified atom stereocenters. The van der Waals surface area contributed by atoms with Crippen LogP contribution in [0.5, 0.6) is 23.0 Å². The normalized spacial score (nSPS) is 19.5. The number of nitrogens with one attached hydrogen (secondary N) is 5. The first kappa shape index (κ1) is 47.7. The lowest BCUT2D eigenvalue weighted by molar-refractivity contribution is 0.122. The van der Waals surface area contributed by atoms with Crippen LogP contribution in [0.2, 0.25) is 0 Å². The number of hydrogen-bond acceptors (Lipinski definition) is 12. The van der Waals surface area contributed by atoms with Gasteiger partial charge in [-0.1, -0.05) is 37.6 Å². The molecule has 0 amide bonds. The number of piperidine rings is 2. The molecule has 2 aromatic heterocycles. The minimum Gasteiger partial charge on any atom is -0.456 e. The Kier molecular flexibility index (Phi) is 14.6. The standard InChI is InChI=1S/C31H38N4O3.C27H30N4O3/c1-2-3-11-34-12-5-7-25(21-34)32-24-9-10-29-23(18-24)17-22-6-4-8-27(31(22)38-29)28-19-26(20-30(36)33-28)35-13-15-37-16-14-35;32-26-16-22(31-9-11-33-12-10-31)15-24(30-26)23-5-1-3-18-13-19-14-20(6-7-25(19)34-27(18)23)29-21-4-2-8-28-17-21/h4,6,8-10,18-20,25,32H,2-3,5,7,11-17,21H2,1H3,(H,33,36);1,3,5-7,14-16,21,28-29H,2,4,8-13,17H2,(H,30,32). The molecule has 8 heterocycles. The third-order valence-corrected chi connectivity index (χ3v) is 14.9. The summed E-state index contributed by atoms with van der Waals surface area (Å²) in [6.07, 6.45) is 8.97. The topological polar surface area (TPSA) is 148 Å². The minimum absolute atomic E-state index is 0.107. The molecule has 0 aliphatic carbocycles. The number of likely N-dealkylation sites (tertiary alicyclic amines) is 1. The van der Waals surface area contributed by atoms with E-state index in [2.05, 4.69) is 108 Å². The molecule has 0 saturated carbocycles. The monoisotopic (exact) mass is 973 g/mol. The molecule has 4 aromatic carbocycles. The summed E-state index contributed by atoms with van der Waals surface area (Å²) in [6, 6.07) is 33.6. The molecule has 14 heteroatoms. The van der Waals surface area contributed by atoms with Crippen molar-refractivity contribution in [2.75, 3.05) is 106 Å². The molecule has 6 aliphatic heterocycles. The Hall–Kier alpha value is -6.58. The highest BCUT2D eigenvalue weighted by atomic mass is 16.5. The molecular formula is C58H68N8O6. The van der Waals surface area contributed by atoms with Crippen LogP contribution in [-0.2, 0) is 22.3 Å². The molecule has 6 aliphatic rings. The molecule has 0 radical (unpaired) electrons. The quantitative estimate of drug-likeness (QED) is 0.0843. The van der Waals surface area contributed by atoms with E-state index in [0.29, 0.717) is 38.5 Å². The summed E-state index contributed by atoms with van der Waals surface area (Å²) in [5.41, 5.74) is 11.9. The molecule has 4 saturated heterocycles. The molecule has 72 heavy (non-hydrogen) atoms. The van der Waals surface area contributed by atoms with Gasteiger partial charge in [0, 0.05) is 121 Å². The number of nitrogens with zero attached hydrogens (tertiary/aromatic N) is 3. The summed E-state index contributed by atoms with van der Waals surface area (Å²) in [5.74, 6) is 3.41. The number of para-hydroxylation sites is 2. The van der Waals surface area contributed by atoms with Crippen molar-refractivity contribution in [1.82, 2.24) is 20.2 Å². The van der Waals surface area contributed by atoms with E-state index in [4.69, 9.17) is 18.9 Å². The highest BCUT2D eigenvalue weighted by Gasteiger charge is 2.26. The zero-order valence-corrected chi connectivity index (χ0v) is 41.5. The first-order valence-corrected chi connectivity index (χ1v) is 26.4. The number of aromatic amines is 2. The summed E-state index contributed by atoms with van der Waals surface area (Å²) in [5, 5.41) is 10.9. The average Bonchev–Trinajstić information content (AvgIpc) is 3.41. The summed E-state index contributed by atoms with van der Waals surface area (Å²) in [7, 11) is 0. The van der Waals surface area contributed by atoms with Gasteiger partial charge in [0.25, 0.3) is 0 Å². The van der Waals surface area contributed by atoms with Crippen molar-refractivity contribution in [3.8, 4) is 45.5 Å². The number of benzene rings is 4. The van der Waals surface area contributed by atoms with Crippen LogP contribution in [0.3, 0.4) is 0 Å². The fourth-order valence-corrected chi connectivity index (χ4v) is 11.1. The van der Waals surface area contributed by atoms with Crippen LogP contribution in [0.15, 0.2) is 107 Å². The van der Waals surface area contributed by atoms with Crippen LogP contribution >= 0.6 is 0 Å². The molecular weight excluding hydrogens is 905 g/mol. The molecule has 6 aromatic rings. The van der Waals surface area contributed by atoms with Crippen LogP contribution in [0, 0.1) is 0 Å². The van der Waals surface area contributed by atoms with Gasteiger partial charge in [-0.25, -0.2) is 0 Å². The Morgan fingerprint density at radius 3 is 1.67 bits per heavy atom. The van der Waals surface area contributed by atoms with E-state index < -0.39 is 0 Å².